The predicted octanol–water partition coefficient (Wildman–Crippen LogP) is 1.17. The zero-order chi connectivity index (χ0) is 17.5. The number of guanidine groups is 1. The van der Waals surface area contributed by atoms with E-state index in [9.17, 15) is 21.6 Å². The van der Waals surface area contributed by atoms with Crippen molar-refractivity contribution in [3.63, 3.8) is 0 Å². The van der Waals surface area contributed by atoms with Gasteiger partial charge in [0, 0.05) is 32.7 Å². The van der Waals surface area contributed by atoms with Crippen LogP contribution in [0.1, 0.15) is 26.2 Å². The SMILES string of the molecule is CCNC(=NCC1CCN(S(C)(=O)=O)CC1)NCCC(F)(F)F. The highest BCUT2D eigenvalue weighted by Gasteiger charge is 2.27. The molecule has 0 radical (unpaired) electrons. The summed E-state index contributed by atoms with van der Waals surface area (Å²) in [6, 6.07) is 0. The molecule has 0 aromatic rings. The molecule has 0 spiro atoms. The van der Waals surface area contributed by atoms with Crippen molar-refractivity contribution in [2.75, 3.05) is 39.0 Å². The Morgan fingerprint density at radius 3 is 2.35 bits per heavy atom. The van der Waals surface area contributed by atoms with Gasteiger partial charge in [-0.25, -0.2) is 12.7 Å². The smallest absolute Gasteiger partial charge is 0.357 e. The van der Waals surface area contributed by atoms with E-state index in [-0.39, 0.29) is 12.5 Å². The Kier molecular flexibility index (Phi) is 7.59. The van der Waals surface area contributed by atoms with Gasteiger partial charge in [0.05, 0.1) is 12.7 Å². The summed E-state index contributed by atoms with van der Waals surface area (Å²) in [5.74, 6) is 0.605. The molecule has 136 valence electrons. The summed E-state index contributed by atoms with van der Waals surface area (Å²) in [7, 11) is -3.15. The zero-order valence-electron chi connectivity index (χ0n) is 13.5. The van der Waals surface area contributed by atoms with Crippen molar-refractivity contribution in [3.05, 3.63) is 0 Å². The quantitative estimate of drug-likeness (QED) is 0.552. The van der Waals surface area contributed by atoms with Gasteiger partial charge < -0.3 is 10.6 Å². The molecule has 1 saturated heterocycles. The van der Waals surface area contributed by atoms with Crippen molar-refractivity contribution >= 4 is 16.0 Å². The highest BCUT2D eigenvalue weighted by molar-refractivity contribution is 7.88. The number of rotatable bonds is 6. The van der Waals surface area contributed by atoms with E-state index >= 15 is 0 Å². The van der Waals surface area contributed by atoms with E-state index in [1.807, 2.05) is 6.92 Å². The van der Waals surface area contributed by atoms with Crippen LogP contribution in [0.15, 0.2) is 4.99 Å². The highest BCUT2D eigenvalue weighted by atomic mass is 32.2. The second-order valence-corrected chi connectivity index (χ2v) is 7.60. The van der Waals surface area contributed by atoms with Crippen LogP contribution in [0.2, 0.25) is 0 Å². The molecule has 0 bridgehead atoms. The van der Waals surface area contributed by atoms with E-state index in [1.54, 1.807) is 0 Å². The van der Waals surface area contributed by atoms with E-state index in [0.717, 1.165) is 0 Å². The van der Waals surface area contributed by atoms with Crippen LogP contribution in [-0.2, 0) is 10.0 Å². The van der Waals surface area contributed by atoms with E-state index in [4.69, 9.17) is 0 Å². The molecule has 0 aliphatic carbocycles. The number of nitrogens with one attached hydrogen (secondary N) is 2. The van der Waals surface area contributed by atoms with Crippen LogP contribution in [0.25, 0.3) is 0 Å². The van der Waals surface area contributed by atoms with Crippen LogP contribution >= 0.6 is 0 Å². The van der Waals surface area contributed by atoms with E-state index in [0.29, 0.717) is 45.0 Å². The van der Waals surface area contributed by atoms with Gasteiger partial charge in [-0.1, -0.05) is 0 Å². The summed E-state index contributed by atoms with van der Waals surface area (Å²) < 4.78 is 60.7. The minimum atomic E-state index is -4.19. The molecular weight excluding hydrogens is 333 g/mol. The average Bonchev–Trinajstić information content (AvgIpc) is 2.43. The molecule has 10 heteroatoms. The predicted molar refractivity (Wildman–Crippen MR) is 83.8 cm³/mol. The van der Waals surface area contributed by atoms with Crippen molar-refractivity contribution in [1.82, 2.24) is 14.9 Å². The molecule has 1 aliphatic rings. The molecule has 1 heterocycles. The largest absolute Gasteiger partial charge is 0.390 e. The number of nitrogens with zero attached hydrogens (tertiary/aromatic N) is 2. The molecule has 0 amide bonds. The number of hydrogen-bond donors (Lipinski definition) is 2. The van der Waals surface area contributed by atoms with Gasteiger partial charge in [0.2, 0.25) is 10.0 Å². The van der Waals surface area contributed by atoms with Gasteiger partial charge in [-0.3, -0.25) is 4.99 Å². The first-order chi connectivity index (χ1) is 10.6. The van der Waals surface area contributed by atoms with Gasteiger partial charge in [-0.05, 0) is 25.7 Å². The Morgan fingerprint density at radius 2 is 1.87 bits per heavy atom. The lowest BCUT2D eigenvalue weighted by Gasteiger charge is -2.29. The molecule has 1 rings (SSSR count). The fraction of sp³-hybridized carbons (Fsp3) is 0.923. The number of hydrogen-bond acceptors (Lipinski definition) is 3. The van der Waals surface area contributed by atoms with Crippen molar-refractivity contribution in [2.24, 2.45) is 10.9 Å². The molecule has 6 nitrogen and oxygen atoms in total. The molecule has 2 N–H and O–H groups in total. The van der Waals surface area contributed by atoms with Crippen LogP contribution in [0, 0.1) is 5.92 Å². The topological polar surface area (TPSA) is 73.8 Å². The Labute approximate surface area is 135 Å². The van der Waals surface area contributed by atoms with Crippen LogP contribution in [0.5, 0.6) is 0 Å². The highest BCUT2D eigenvalue weighted by Crippen LogP contribution is 2.19. The number of alkyl halides is 3. The minimum Gasteiger partial charge on any atom is -0.357 e. The van der Waals surface area contributed by atoms with Crippen LogP contribution in [-0.4, -0.2) is 63.8 Å². The Bertz CT molecular complexity index is 486. The minimum absolute atomic E-state index is 0.220. The van der Waals surface area contributed by atoms with Crippen molar-refractivity contribution in [2.45, 2.75) is 32.4 Å². The summed E-state index contributed by atoms with van der Waals surface area (Å²) in [5.41, 5.74) is 0. The van der Waals surface area contributed by atoms with E-state index in [1.165, 1.54) is 10.6 Å². The summed E-state index contributed by atoms with van der Waals surface area (Å²) in [5, 5.41) is 5.57. The van der Waals surface area contributed by atoms with Crippen molar-refractivity contribution in [1.29, 1.82) is 0 Å². The summed E-state index contributed by atoms with van der Waals surface area (Å²) >= 11 is 0. The maximum atomic E-state index is 12.1. The average molecular weight is 358 g/mol. The fourth-order valence-corrected chi connectivity index (χ4v) is 3.18. The molecular formula is C13H25F3N4O2S. The number of sulfonamides is 1. The lowest BCUT2D eigenvalue weighted by Crippen LogP contribution is -2.40. The van der Waals surface area contributed by atoms with E-state index < -0.39 is 22.6 Å². The Hall–Kier alpha value is -1.03. The van der Waals surface area contributed by atoms with E-state index in [2.05, 4.69) is 15.6 Å². The standard InChI is InChI=1S/C13H25F3N4O2S/c1-3-17-12(18-7-6-13(14,15)16)19-10-11-4-8-20(9-5-11)23(2,21)22/h11H,3-10H2,1-2H3,(H2,17,18,19). The molecule has 0 unspecified atom stereocenters. The number of piperidine rings is 1. The normalized spacial score (nSPS) is 18.9. The molecule has 1 aliphatic heterocycles. The first-order valence-electron chi connectivity index (χ1n) is 7.66. The van der Waals surface area contributed by atoms with Crippen LogP contribution in [0.4, 0.5) is 13.2 Å². The van der Waals surface area contributed by atoms with Crippen LogP contribution in [0.3, 0.4) is 0 Å². The molecule has 0 aromatic carbocycles. The van der Waals surface area contributed by atoms with Crippen LogP contribution < -0.4 is 10.6 Å². The molecule has 1 fully saturated rings. The van der Waals surface area contributed by atoms with Gasteiger partial charge in [0.15, 0.2) is 5.96 Å². The monoisotopic (exact) mass is 358 g/mol. The second kappa shape index (κ2) is 8.72. The van der Waals surface area contributed by atoms with Gasteiger partial charge in [-0.2, -0.15) is 13.2 Å². The van der Waals surface area contributed by atoms with Gasteiger partial charge >= 0.3 is 6.18 Å². The second-order valence-electron chi connectivity index (χ2n) is 5.62. The first kappa shape index (κ1) is 20.0. The molecule has 23 heavy (non-hydrogen) atoms. The fourth-order valence-electron chi connectivity index (χ4n) is 2.31. The maximum Gasteiger partial charge on any atom is 0.390 e. The van der Waals surface area contributed by atoms with Gasteiger partial charge in [0.25, 0.3) is 0 Å². The van der Waals surface area contributed by atoms with Gasteiger partial charge in [-0.15, -0.1) is 0 Å². The molecule has 0 atom stereocenters. The lowest BCUT2D eigenvalue weighted by molar-refractivity contribution is -0.132. The van der Waals surface area contributed by atoms with Crippen molar-refractivity contribution < 1.29 is 21.6 Å². The van der Waals surface area contributed by atoms with Gasteiger partial charge in [0.1, 0.15) is 0 Å². The van der Waals surface area contributed by atoms with Crippen molar-refractivity contribution in [3.8, 4) is 0 Å². The third-order valence-corrected chi connectivity index (χ3v) is 4.90. The first-order valence-corrected chi connectivity index (χ1v) is 9.50. The summed E-state index contributed by atoms with van der Waals surface area (Å²) in [4.78, 5) is 4.30. The molecule has 0 saturated carbocycles. The molecule has 0 aromatic heterocycles. The summed E-state index contributed by atoms with van der Waals surface area (Å²) in [6.45, 7) is 3.59. The lowest BCUT2D eigenvalue weighted by atomic mass is 9.98. The third-order valence-electron chi connectivity index (χ3n) is 3.60. The zero-order valence-corrected chi connectivity index (χ0v) is 14.3. The summed E-state index contributed by atoms with van der Waals surface area (Å²) in [6.07, 6.45) is -2.50. The number of aliphatic imine (C=N–C) groups is 1. The number of halogens is 3. The third kappa shape index (κ3) is 8.40. The maximum absolute atomic E-state index is 12.1. The Morgan fingerprint density at radius 1 is 1.26 bits per heavy atom. The Balaban J connectivity index is 2.42.